The third kappa shape index (κ3) is 3.82. The van der Waals surface area contributed by atoms with Crippen molar-refractivity contribution in [2.24, 2.45) is 5.92 Å². The molecule has 26 heavy (non-hydrogen) atoms. The minimum absolute atomic E-state index is 0.0454. The molecule has 7 nitrogen and oxygen atoms in total. The molecular formula is C19H22N4O3. The monoisotopic (exact) mass is 354 g/mol. The molecule has 0 saturated carbocycles. The van der Waals surface area contributed by atoms with E-state index in [2.05, 4.69) is 29.2 Å². The molecule has 1 amide bonds. The standard InChI is InChI=1S/C19H22N4O3/c1-12(2)7-8-15-9-13(3)17(19(25)26-15)18(24)20-10-14-5-4-6-16-21-11-22-23(14)16/h4-6,9,11-12H,7-8,10H2,1-3H3,(H,20,24). The maximum absolute atomic E-state index is 12.5. The highest BCUT2D eigenvalue weighted by Gasteiger charge is 2.17. The van der Waals surface area contributed by atoms with Crippen LogP contribution in [0, 0.1) is 12.8 Å². The number of hydrogen-bond donors (Lipinski definition) is 1. The average molecular weight is 354 g/mol. The summed E-state index contributed by atoms with van der Waals surface area (Å²) in [5, 5.41) is 6.89. The van der Waals surface area contributed by atoms with Crippen LogP contribution in [0.1, 0.15) is 47.6 Å². The van der Waals surface area contributed by atoms with E-state index >= 15 is 0 Å². The van der Waals surface area contributed by atoms with Crippen LogP contribution in [0.2, 0.25) is 0 Å². The first-order valence-electron chi connectivity index (χ1n) is 8.65. The molecule has 3 rings (SSSR count). The highest BCUT2D eigenvalue weighted by molar-refractivity contribution is 5.95. The Balaban J connectivity index is 1.75. The molecule has 3 aromatic heterocycles. The second-order valence-corrected chi connectivity index (χ2v) is 6.72. The molecule has 0 fully saturated rings. The normalized spacial score (nSPS) is 11.2. The first-order valence-corrected chi connectivity index (χ1v) is 8.65. The molecule has 0 atom stereocenters. The second kappa shape index (κ2) is 7.51. The summed E-state index contributed by atoms with van der Waals surface area (Å²) in [7, 11) is 0. The molecule has 0 unspecified atom stereocenters. The van der Waals surface area contributed by atoms with Crippen LogP contribution in [0.3, 0.4) is 0 Å². The number of nitrogens with zero attached hydrogens (tertiary/aromatic N) is 3. The van der Waals surface area contributed by atoms with Gasteiger partial charge in [0.05, 0.1) is 12.2 Å². The Labute approximate surface area is 151 Å². The SMILES string of the molecule is Cc1cc(CCC(C)C)oc(=O)c1C(=O)NCc1cccc2ncnn12. The lowest BCUT2D eigenvalue weighted by atomic mass is 10.0. The number of aryl methyl sites for hydroxylation is 2. The van der Waals surface area contributed by atoms with E-state index < -0.39 is 11.5 Å². The van der Waals surface area contributed by atoms with Crippen LogP contribution in [-0.4, -0.2) is 20.5 Å². The van der Waals surface area contributed by atoms with E-state index in [4.69, 9.17) is 4.42 Å². The number of hydrogen-bond acceptors (Lipinski definition) is 5. The fraction of sp³-hybridized carbons (Fsp3) is 0.368. The first kappa shape index (κ1) is 17.8. The van der Waals surface area contributed by atoms with Crippen molar-refractivity contribution < 1.29 is 9.21 Å². The van der Waals surface area contributed by atoms with Gasteiger partial charge < -0.3 is 9.73 Å². The Hall–Kier alpha value is -2.96. The molecular weight excluding hydrogens is 332 g/mol. The molecule has 3 heterocycles. The molecule has 0 aliphatic heterocycles. The summed E-state index contributed by atoms with van der Waals surface area (Å²) >= 11 is 0. The van der Waals surface area contributed by atoms with Gasteiger partial charge in [0, 0.05) is 6.42 Å². The van der Waals surface area contributed by atoms with Gasteiger partial charge in [-0.05, 0) is 43.0 Å². The Kier molecular flexibility index (Phi) is 5.16. The largest absolute Gasteiger partial charge is 0.427 e. The van der Waals surface area contributed by atoms with E-state index in [-0.39, 0.29) is 12.1 Å². The maximum atomic E-state index is 12.5. The molecule has 1 N–H and O–H groups in total. The van der Waals surface area contributed by atoms with Crippen molar-refractivity contribution >= 4 is 11.6 Å². The molecule has 136 valence electrons. The van der Waals surface area contributed by atoms with E-state index in [1.54, 1.807) is 17.5 Å². The molecule has 0 aliphatic rings. The molecule has 0 spiro atoms. The predicted molar refractivity (Wildman–Crippen MR) is 97.0 cm³/mol. The molecule has 0 bridgehead atoms. The van der Waals surface area contributed by atoms with Crippen LogP contribution in [0.25, 0.3) is 5.65 Å². The van der Waals surface area contributed by atoms with Gasteiger partial charge >= 0.3 is 5.63 Å². The van der Waals surface area contributed by atoms with Crippen molar-refractivity contribution in [3.63, 3.8) is 0 Å². The van der Waals surface area contributed by atoms with E-state index in [9.17, 15) is 9.59 Å². The van der Waals surface area contributed by atoms with E-state index in [0.29, 0.717) is 29.3 Å². The van der Waals surface area contributed by atoms with Gasteiger partial charge in [-0.25, -0.2) is 14.3 Å². The Bertz CT molecular complexity index is 988. The second-order valence-electron chi connectivity index (χ2n) is 6.72. The Morgan fingerprint density at radius 2 is 2.15 bits per heavy atom. The van der Waals surface area contributed by atoms with E-state index in [0.717, 1.165) is 12.1 Å². The van der Waals surface area contributed by atoms with Crippen molar-refractivity contribution in [2.45, 2.75) is 40.2 Å². The minimum Gasteiger partial charge on any atom is -0.427 e. The van der Waals surface area contributed by atoms with Gasteiger partial charge in [0.25, 0.3) is 5.91 Å². The molecule has 0 aliphatic carbocycles. The number of carbonyl (C=O) groups excluding carboxylic acids is 1. The summed E-state index contributed by atoms with van der Waals surface area (Å²) < 4.78 is 6.97. The zero-order valence-electron chi connectivity index (χ0n) is 15.2. The third-order valence-electron chi connectivity index (χ3n) is 4.21. The van der Waals surface area contributed by atoms with Crippen LogP contribution >= 0.6 is 0 Å². The van der Waals surface area contributed by atoms with Crippen molar-refractivity contribution in [3.05, 3.63) is 63.6 Å². The lowest BCUT2D eigenvalue weighted by Gasteiger charge is -2.09. The predicted octanol–water partition coefficient (Wildman–Crippen LogP) is 2.51. The van der Waals surface area contributed by atoms with Crippen molar-refractivity contribution in [1.29, 1.82) is 0 Å². The van der Waals surface area contributed by atoms with Gasteiger partial charge in [-0.2, -0.15) is 5.10 Å². The van der Waals surface area contributed by atoms with Gasteiger partial charge in [-0.1, -0.05) is 19.9 Å². The highest BCUT2D eigenvalue weighted by Crippen LogP contribution is 2.12. The smallest absolute Gasteiger partial charge is 0.349 e. The number of aromatic nitrogens is 3. The van der Waals surface area contributed by atoms with E-state index in [1.165, 1.54) is 6.33 Å². The fourth-order valence-corrected chi connectivity index (χ4v) is 2.79. The number of nitrogens with one attached hydrogen (secondary N) is 1. The van der Waals surface area contributed by atoms with Crippen molar-refractivity contribution in [1.82, 2.24) is 19.9 Å². The van der Waals surface area contributed by atoms with Gasteiger partial charge in [-0.3, -0.25) is 4.79 Å². The summed E-state index contributed by atoms with van der Waals surface area (Å²) in [5.74, 6) is 0.678. The maximum Gasteiger partial charge on any atom is 0.349 e. The van der Waals surface area contributed by atoms with Crippen LogP contribution in [0.15, 0.2) is 39.8 Å². The topological polar surface area (TPSA) is 89.5 Å². The number of rotatable bonds is 6. The van der Waals surface area contributed by atoms with Crippen molar-refractivity contribution in [2.75, 3.05) is 0 Å². The molecule has 3 aromatic rings. The number of pyridine rings is 1. The molecule has 0 radical (unpaired) electrons. The molecule has 0 saturated heterocycles. The van der Waals surface area contributed by atoms with Crippen LogP contribution in [0.4, 0.5) is 0 Å². The van der Waals surface area contributed by atoms with Crippen LogP contribution in [0.5, 0.6) is 0 Å². The number of carbonyl (C=O) groups is 1. The minimum atomic E-state index is -0.597. The summed E-state index contributed by atoms with van der Waals surface area (Å²) in [6.45, 7) is 6.21. The van der Waals surface area contributed by atoms with Gasteiger partial charge in [0.1, 0.15) is 17.7 Å². The quantitative estimate of drug-likeness (QED) is 0.735. The summed E-state index contributed by atoms with van der Waals surface area (Å²) in [6.07, 6.45) is 3.06. The number of amides is 1. The molecule has 0 aromatic carbocycles. The van der Waals surface area contributed by atoms with Crippen molar-refractivity contribution in [3.8, 4) is 0 Å². The Morgan fingerprint density at radius 3 is 2.88 bits per heavy atom. The highest BCUT2D eigenvalue weighted by atomic mass is 16.4. The summed E-state index contributed by atoms with van der Waals surface area (Å²) in [4.78, 5) is 28.9. The first-order chi connectivity index (χ1) is 12.5. The van der Waals surface area contributed by atoms with Crippen LogP contribution in [-0.2, 0) is 13.0 Å². The van der Waals surface area contributed by atoms with Gasteiger partial charge in [0.15, 0.2) is 5.65 Å². The zero-order chi connectivity index (χ0) is 18.7. The Morgan fingerprint density at radius 1 is 1.35 bits per heavy atom. The average Bonchev–Trinajstić information content (AvgIpc) is 3.06. The van der Waals surface area contributed by atoms with E-state index in [1.807, 2.05) is 18.2 Å². The van der Waals surface area contributed by atoms with Gasteiger partial charge in [0.2, 0.25) is 0 Å². The lowest BCUT2D eigenvalue weighted by Crippen LogP contribution is -2.30. The third-order valence-corrected chi connectivity index (χ3v) is 4.21. The zero-order valence-corrected chi connectivity index (χ0v) is 15.2. The molecule has 7 heteroatoms. The van der Waals surface area contributed by atoms with Crippen LogP contribution < -0.4 is 10.9 Å². The number of fused-ring (bicyclic) bond motifs is 1. The lowest BCUT2D eigenvalue weighted by molar-refractivity contribution is 0.0945. The summed E-state index contributed by atoms with van der Waals surface area (Å²) in [5.41, 5.74) is 1.53. The summed E-state index contributed by atoms with van der Waals surface area (Å²) in [6, 6.07) is 7.28. The van der Waals surface area contributed by atoms with Gasteiger partial charge in [-0.15, -0.1) is 0 Å². The fourth-order valence-electron chi connectivity index (χ4n) is 2.79.